The Kier molecular flexibility index (Phi) is 5.29. The van der Waals surface area contributed by atoms with Gasteiger partial charge in [-0.1, -0.05) is 6.92 Å². The van der Waals surface area contributed by atoms with Gasteiger partial charge in [0.15, 0.2) is 5.65 Å². The SMILES string of the molecule is CCc1c(C)nc2cc(C3CCOCC3)nn2c1NCCN1CCCC1=O. The first-order valence-corrected chi connectivity index (χ1v) is 10.2. The number of carbonyl (C=O) groups excluding carboxylic acids is 1. The number of hydrogen-bond acceptors (Lipinski definition) is 5. The van der Waals surface area contributed by atoms with Crippen molar-refractivity contribution >= 4 is 17.4 Å². The summed E-state index contributed by atoms with van der Waals surface area (Å²) in [6.07, 6.45) is 4.59. The molecule has 0 spiro atoms. The second kappa shape index (κ2) is 7.84. The summed E-state index contributed by atoms with van der Waals surface area (Å²) < 4.78 is 7.45. The molecule has 2 aliphatic heterocycles. The summed E-state index contributed by atoms with van der Waals surface area (Å²) in [5.74, 6) is 1.73. The van der Waals surface area contributed by atoms with Crippen LogP contribution in [0.15, 0.2) is 6.07 Å². The van der Waals surface area contributed by atoms with Crippen molar-refractivity contribution in [1.29, 1.82) is 0 Å². The van der Waals surface area contributed by atoms with Crippen LogP contribution in [0, 0.1) is 6.92 Å². The molecule has 7 nitrogen and oxygen atoms in total. The monoisotopic (exact) mass is 371 g/mol. The zero-order valence-corrected chi connectivity index (χ0v) is 16.3. The fourth-order valence-corrected chi connectivity index (χ4v) is 4.22. The number of nitrogens with zero attached hydrogens (tertiary/aromatic N) is 4. The van der Waals surface area contributed by atoms with Gasteiger partial charge in [-0.2, -0.15) is 9.61 Å². The van der Waals surface area contributed by atoms with Crippen LogP contribution in [0.1, 0.15) is 55.5 Å². The number of rotatable bonds is 6. The summed E-state index contributed by atoms with van der Waals surface area (Å²) in [7, 11) is 0. The molecule has 0 unspecified atom stereocenters. The molecule has 2 fully saturated rings. The van der Waals surface area contributed by atoms with Crippen LogP contribution < -0.4 is 5.32 Å². The Hall–Kier alpha value is -2.15. The molecule has 0 saturated carbocycles. The Bertz CT molecular complexity index is 825. The van der Waals surface area contributed by atoms with Gasteiger partial charge in [0, 0.05) is 62.5 Å². The highest BCUT2D eigenvalue weighted by molar-refractivity contribution is 5.78. The lowest BCUT2D eigenvalue weighted by Gasteiger charge is -2.20. The van der Waals surface area contributed by atoms with Crippen molar-refractivity contribution in [3.8, 4) is 0 Å². The molecule has 1 N–H and O–H groups in total. The molecule has 2 aliphatic rings. The van der Waals surface area contributed by atoms with Crippen molar-refractivity contribution in [2.75, 3.05) is 38.2 Å². The fraction of sp³-hybridized carbons (Fsp3) is 0.650. The number of hydrogen-bond donors (Lipinski definition) is 1. The molecule has 2 saturated heterocycles. The average Bonchev–Trinajstić information content (AvgIpc) is 3.28. The molecule has 146 valence electrons. The quantitative estimate of drug-likeness (QED) is 0.845. The van der Waals surface area contributed by atoms with E-state index in [1.807, 2.05) is 9.42 Å². The minimum atomic E-state index is 0.268. The second-order valence-corrected chi connectivity index (χ2v) is 7.51. The van der Waals surface area contributed by atoms with E-state index in [1.165, 1.54) is 5.56 Å². The Morgan fingerprint density at radius 3 is 2.85 bits per heavy atom. The van der Waals surface area contributed by atoms with Gasteiger partial charge in [-0.05, 0) is 32.6 Å². The zero-order valence-electron chi connectivity index (χ0n) is 16.3. The maximum absolute atomic E-state index is 11.8. The molecule has 0 aromatic carbocycles. The first-order chi connectivity index (χ1) is 13.2. The molecule has 1 amide bonds. The Morgan fingerprint density at radius 1 is 1.33 bits per heavy atom. The normalized spacial score (nSPS) is 18.6. The van der Waals surface area contributed by atoms with E-state index in [0.29, 0.717) is 12.3 Å². The highest BCUT2D eigenvalue weighted by Crippen LogP contribution is 2.29. The lowest BCUT2D eigenvalue weighted by atomic mass is 9.97. The number of carbonyl (C=O) groups is 1. The van der Waals surface area contributed by atoms with Gasteiger partial charge in [-0.25, -0.2) is 4.98 Å². The van der Waals surface area contributed by atoms with Gasteiger partial charge in [0.1, 0.15) is 5.82 Å². The van der Waals surface area contributed by atoms with E-state index in [0.717, 1.165) is 81.4 Å². The summed E-state index contributed by atoms with van der Waals surface area (Å²) in [6, 6.07) is 2.12. The number of nitrogens with one attached hydrogen (secondary N) is 1. The lowest BCUT2D eigenvalue weighted by molar-refractivity contribution is -0.127. The van der Waals surface area contributed by atoms with Crippen LogP contribution in [0.5, 0.6) is 0 Å². The maximum atomic E-state index is 11.8. The summed E-state index contributed by atoms with van der Waals surface area (Å²) >= 11 is 0. The molecule has 0 radical (unpaired) electrons. The van der Waals surface area contributed by atoms with Crippen molar-refractivity contribution in [1.82, 2.24) is 19.5 Å². The lowest BCUT2D eigenvalue weighted by Crippen LogP contribution is -2.30. The molecular formula is C20H29N5O2. The number of fused-ring (bicyclic) bond motifs is 1. The van der Waals surface area contributed by atoms with Crippen LogP contribution in [0.4, 0.5) is 5.82 Å². The highest BCUT2D eigenvalue weighted by Gasteiger charge is 2.22. The van der Waals surface area contributed by atoms with E-state index >= 15 is 0 Å². The van der Waals surface area contributed by atoms with Gasteiger partial charge in [0.2, 0.25) is 5.91 Å². The molecule has 0 aliphatic carbocycles. The minimum absolute atomic E-state index is 0.268. The van der Waals surface area contributed by atoms with Gasteiger partial charge < -0.3 is 15.0 Å². The first kappa shape index (κ1) is 18.2. The summed E-state index contributed by atoms with van der Waals surface area (Å²) in [4.78, 5) is 18.6. The highest BCUT2D eigenvalue weighted by atomic mass is 16.5. The average molecular weight is 371 g/mol. The predicted molar refractivity (Wildman–Crippen MR) is 104 cm³/mol. The maximum Gasteiger partial charge on any atom is 0.222 e. The molecule has 2 aromatic rings. The Balaban J connectivity index is 1.59. The Labute approximate surface area is 160 Å². The molecule has 2 aromatic heterocycles. The largest absolute Gasteiger partial charge is 0.381 e. The van der Waals surface area contributed by atoms with Crippen LogP contribution in [0.25, 0.3) is 5.65 Å². The van der Waals surface area contributed by atoms with E-state index in [-0.39, 0.29) is 5.91 Å². The van der Waals surface area contributed by atoms with Gasteiger partial charge in [-0.15, -0.1) is 0 Å². The fourth-order valence-electron chi connectivity index (χ4n) is 4.22. The van der Waals surface area contributed by atoms with Gasteiger partial charge >= 0.3 is 0 Å². The summed E-state index contributed by atoms with van der Waals surface area (Å²) in [5, 5.41) is 8.46. The molecular weight excluding hydrogens is 342 g/mol. The molecule has 0 bridgehead atoms. The number of anilines is 1. The van der Waals surface area contributed by atoms with Crippen molar-refractivity contribution in [2.24, 2.45) is 0 Å². The van der Waals surface area contributed by atoms with Crippen LogP contribution >= 0.6 is 0 Å². The third kappa shape index (κ3) is 3.65. The van der Waals surface area contributed by atoms with E-state index in [4.69, 9.17) is 14.8 Å². The Morgan fingerprint density at radius 2 is 2.15 bits per heavy atom. The van der Waals surface area contributed by atoms with Crippen molar-refractivity contribution in [3.05, 3.63) is 23.0 Å². The smallest absolute Gasteiger partial charge is 0.222 e. The minimum Gasteiger partial charge on any atom is -0.381 e. The van der Waals surface area contributed by atoms with Crippen LogP contribution in [0.2, 0.25) is 0 Å². The molecule has 4 heterocycles. The summed E-state index contributed by atoms with van der Waals surface area (Å²) in [6.45, 7) is 8.16. The second-order valence-electron chi connectivity index (χ2n) is 7.51. The standard InChI is InChI=1S/C20H29N5O2/c1-3-16-14(2)22-18-13-17(15-6-11-27-12-7-15)23-25(18)20(16)21-8-10-24-9-4-5-19(24)26/h13,15,21H,3-12H2,1-2H3. The number of aromatic nitrogens is 3. The van der Waals surface area contributed by atoms with E-state index < -0.39 is 0 Å². The molecule has 4 rings (SSSR count). The van der Waals surface area contributed by atoms with Crippen molar-refractivity contribution in [2.45, 2.75) is 51.9 Å². The van der Waals surface area contributed by atoms with Crippen LogP contribution in [-0.4, -0.2) is 58.3 Å². The third-order valence-electron chi connectivity index (χ3n) is 5.76. The first-order valence-electron chi connectivity index (χ1n) is 10.2. The van der Waals surface area contributed by atoms with E-state index in [2.05, 4.69) is 25.2 Å². The van der Waals surface area contributed by atoms with Crippen molar-refractivity contribution in [3.63, 3.8) is 0 Å². The molecule has 0 atom stereocenters. The van der Waals surface area contributed by atoms with Crippen molar-refractivity contribution < 1.29 is 9.53 Å². The zero-order chi connectivity index (χ0) is 18.8. The molecule has 7 heteroatoms. The van der Waals surface area contributed by atoms with Crippen LogP contribution in [0.3, 0.4) is 0 Å². The number of aryl methyl sites for hydroxylation is 1. The summed E-state index contributed by atoms with van der Waals surface area (Å²) in [5.41, 5.74) is 4.24. The number of ether oxygens (including phenoxy) is 1. The van der Waals surface area contributed by atoms with E-state index in [1.54, 1.807) is 0 Å². The van der Waals surface area contributed by atoms with Crippen LogP contribution in [-0.2, 0) is 16.0 Å². The van der Waals surface area contributed by atoms with Gasteiger partial charge in [0.05, 0.1) is 5.69 Å². The molecule has 27 heavy (non-hydrogen) atoms. The predicted octanol–water partition coefficient (Wildman–Crippen LogP) is 2.53. The van der Waals surface area contributed by atoms with Gasteiger partial charge in [-0.3, -0.25) is 4.79 Å². The number of likely N-dealkylation sites (tertiary alicyclic amines) is 1. The van der Waals surface area contributed by atoms with Gasteiger partial charge in [0.25, 0.3) is 0 Å². The number of amides is 1. The topological polar surface area (TPSA) is 71.8 Å². The van der Waals surface area contributed by atoms with E-state index in [9.17, 15) is 4.79 Å². The third-order valence-corrected chi connectivity index (χ3v) is 5.76.